The van der Waals surface area contributed by atoms with Crippen LogP contribution in [0.15, 0.2) is 79.1 Å². The second-order valence-electron chi connectivity index (χ2n) is 7.24. The quantitative estimate of drug-likeness (QED) is 0.647. The molecule has 0 spiro atoms. The van der Waals surface area contributed by atoms with Crippen molar-refractivity contribution >= 4 is 23.2 Å². The van der Waals surface area contributed by atoms with Gasteiger partial charge in [-0.05, 0) is 42.3 Å². The second-order valence-corrected chi connectivity index (χ2v) is 7.24. The molecule has 0 unspecified atom stereocenters. The zero-order valence-electron chi connectivity index (χ0n) is 15.8. The molecule has 29 heavy (non-hydrogen) atoms. The van der Waals surface area contributed by atoms with Crippen LogP contribution in [0.25, 0.3) is 0 Å². The van der Waals surface area contributed by atoms with Gasteiger partial charge in [-0.25, -0.2) is 9.96 Å². The maximum atomic E-state index is 13.5. The Balaban J connectivity index is 1.60. The molecule has 1 aromatic heterocycles. The van der Waals surface area contributed by atoms with Crippen LogP contribution in [0.3, 0.4) is 0 Å². The molecule has 2 amide bonds. The van der Waals surface area contributed by atoms with Crippen molar-refractivity contribution in [2.24, 2.45) is 5.92 Å². The van der Waals surface area contributed by atoms with E-state index in [1.165, 1.54) is 4.90 Å². The van der Waals surface area contributed by atoms with Crippen LogP contribution in [-0.2, 0) is 14.4 Å². The third-order valence-corrected chi connectivity index (χ3v) is 5.51. The molecule has 144 valence electrons. The van der Waals surface area contributed by atoms with Gasteiger partial charge in [0.1, 0.15) is 5.92 Å². The van der Waals surface area contributed by atoms with Gasteiger partial charge < -0.3 is 0 Å². The van der Waals surface area contributed by atoms with Crippen LogP contribution in [0, 0.1) is 12.8 Å². The summed E-state index contributed by atoms with van der Waals surface area (Å²) in [7, 11) is 0. The number of carbonyl (C=O) groups excluding carboxylic acids is 2. The number of anilines is 2. The summed E-state index contributed by atoms with van der Waals surface area (Å²) in [6.45, 7) is 1.89. The molecule has 2 aromatic carbocycles. The fourth-order valence-corrected chi connectivity index (χ4v) is 4.15. The highest BCUT2D eigenvalue weighted by atomic mass is 16.7. The summed E-state index contributed by atoms with van der Waals surface area (Å²) in [5, 5.41) is 1.68. The molecule has 0 bridgehead atoms. The highest BCUT2D eigenvalue weighted by Gasteiger charge is 2.60. The zero-order chi connectivity index (χ0) is 20.0. The Kier molecular flexibility index (Phi) is 4.14. The Bertz CT molecular complexity index is 1070. The van der Waals surface area contributed by atoms with Crippen molar-refractivity contribution < 1.29 is 14.4 Å². The molecule has 2 aliphatic rings. The van der Waals surface area contributed by atoms with Gasteiger partial charge in [0.25, 0.3) is 5.91 Å². The number of hydroxylamine groups is 1. The SMILES string of the molecule is Cc1ccccc1N1C(=O)[C@@H]2[C@H](ON(c3ccccc3)[C@@H]2c2cccnc2)C1=O. The van der Waals surface area contributed by atoms with Crippen LogP contribution in [0.1, 0.15) is 17.2 Å². The molecule has 3 aromatic rings. The molecule has 0 radical (unpaired) electrons. The van der Waals surface area contributed by atoms with Crippen molar-refractivity contribution in [3.05, 3.63) is 90.3 Å². The van der Waals surface area contributed by atoms with E-state index in [1.807, 2.05) is 67.6 Å². The Hall–Kier alpha value is -3.51. The van der Waals surface area contributed by atoms with Crippen molar-refractivity contribution in [3.63, 3.8) is 0 Å². The number of benzene rings is 2. The van der Waals surface area contributed by atoms with Gasteiger partial charge in [0.2, 0.25) is 5.91 Å². The molecular formula is C23H19N3O3. The van der Waals surface area contributed by atoms with Crippen molar-refractivity contribution in [3.8, 4) is 0 Å². The van der Waals surface area contributed by atoms with E-state index in [-0.39, 0.29) is 11.8 Å². The fraction of sp³-hybridized carbons (Fsp3) is 0.174. The van der Waals surface area contributed by atoms with E-state index >= 15 is 0 Å². The molecule has 5 rings (SSSR count). The number of para-hydroxylation sites is 2. The predicted octanol–water partition coefficient (Wildman–Crippen LogP) is 3.44. The lowest BCUT2D eigenvalue weighted by Crippen LogP contribution is -2.37. The summed E-state index contributed by atoms with van der Waals surface area (Å²) >= 11 is 0. The molecule has 2 fully saturated rings. The largest absolute Gasteiger partial charge is 0.273 e. The third kappa shape index (κ3) is 2.72. The predicted molar refractivity (Wildman–Crippen MR) is 108 cm³/mol. The van der Waals surface area contributed by atoms with E-state index in [2.05, 4.69) is 4.98 Å². The van der Waals surface area contributed by atoms with E-state index in [4.69, 9.17) is 4.84 Å². The molecule has 2 aliphatic heterocycles. The maximum Gasteiger partial charge on any atom is 0.266 e. The van der Waals surface area contributed by atoms with Crippen molar-refractivity contribution in [2.75, 3.05) is 9.96 Å². The number of nitrogens with zero attached hydrogens (tertiary/aromatic N) is 3. The molecule has 3 atom stereocenters. The average Bonchev–Trinajstić information content (AvgIpc) is 3.26. The van der Waals surface area contributed by atoms with Gasteiger partial charge in [-0.2, -0.15) is 0 Å². The van der Waals surface area contributed by atoms with Crippen molar-refractivity contribution in [2.45, 2.75) is 19.1 Å². The van der Waals surface area contributed by atoms with E-state index in [0.717, 1.165) is 16.8 Å². The highest BCUT2D eigenvalue weighted by molar-refractivity contribution is 6.24. The van der Waals surface area contributed by atoms with Gasteiger partial charge in [0, 0.05) is 12.4 Å². The number of imide groups is 1. The number of amides is 2. The zero-order valence-corrected chi connectivity index (χ0v) is 15.8. The summed E-state index contributed by atoms with van der Waals surface area (Å²) in [6, 6.07) is 20.2. The van der Waals surface area contributed by atoms with Crippen LogP contribution in [0.4, 0.5) is 11.4 Å². The first kappa shape index (κ1) is 17.6. The molecule has 0 aliphatic carbocycles. The van der Waals surface area contributed by atoms with Crippen molar-refractivity contribution in [1.82, 2.24) is 4.98 Å². The van der Waals surface area contributed by atoms with Crippen LogP contribution in [0.5, 0.6) is 0 Å². The Labute approximate surface area is 168 Å². The van der Waals surface area contributed by atoms with Crippen LogP contribution >= 0.6 is 0 Å². The van der Waals surface area contributed by atoms with Gasteiger partial charge >= 0.3 is 0 Å². The third-order valence-electron chi connectivity index (χ3n) is 5.51. The van der Waals surface area contributed by atoms with Gasteiger partial charge in [0.05, 0.1) is 17.4 Å². The van der Waals surface area contributed by atoms with Crippen LogP contribution in [-0.4, -0.2) is 22.9 Å². The first-order valence-electron chi connectivity index (χ1n) is 9.51. The van der Waals surface area contributed by atoms with Gasteiger partial charge in [-0.15, -0.1) is 0 Å². The minimum absolute atomic E-state index is 0.249. The first-order valence-corrected chi connectivity index (χ1v) is 9.51. The minimum Gasteiger partial charge on any atom is -0.273 e. The number of rotatable bonds is 3. The molecule has 6 heteroatoms. The van der Waals surface area contributed by atoms with E-state index in [1.54, 1.807) is 23.5 Å². The summed E-state index contributed by atoms with van der Waals surface area (Å²) < 4.78 is 0. The van der Waals surface area contributed by atoms with E-state index < -0.39 is 18.1 Å². The normalized spacial score (nSPS) is 23.6. The molecule has 0 saturated carbocycles. The summed E-state index contributed by atoms with van der Waals surface area (Å²) in [5.41, 5.74) is 3.10. The van der Waals surface area contributed by atoms with Gasteiger partial charge in [-0.1, -0.05) is 42.5 Å². The first-order chi connectivity index (χ1) is 14.2. The summed E-state index contributed by atoms with van der Waals surface area (Å²) in [5.74, 6) is -1.23. The molecule has 0 N–H and O–H groups in total. The standard InChI is InChI=1S/C23H19N3O3/c1-15-8-5-6-12-18(15)25-22(27)19-20(16-9-7-13-24-14-16)26(29-21(19)23(25)28)17-10-3-2-4-11-17/h2-14,19-21H,1H3/t19-,20+,21-/m0/s1. The molecule has 2 saturated heterocycles. The second kappa shape index (κ2) is 6.83. The number of aryl methyl sites for hydroxylation is 1. The smallest absolute Gasteiger partial charge is 0.266 e. The topological polar surface area (TPSA) is 62.7 Å². The number of carbonyl (C=O) groups is 2. The van der Waals surface area contributed by atoms with Crippen LogP contribution in [0.2, 0.25) is 0 Å². The minimum atomic E-state index is -0.868. The molecule has 3 heterocycles. The summed E-state index contributed by atoms with van der Waals surface area (Å²) in [6.07, 6.45) is 2.54. The average molecular weight is 385 g/mol. The lowest BCUT2D eigenvalue weighted by molar-refractivity contribution is -0.126. The molecular weight excluding hydrogens is 366 g/mol. The number of pyridine rings is 1. The van der Waals surface area contributed by atoms with E-state index in [9.17, 15) is 9.59 Å². The summed E-state index contributed by atoms with van der Waals surface area (Å²) in [4.78, 5) is 38.3. The number of hydrogen-bond acceptors (Lipinski definition) is 5. The van der Waals surface area contributed by atoms with Gasteiger partial charge in [-0.3, -0.25) is 19.4 Å². The van der Waals surface area contributed by atoms with Gasteiger partial charge in [0.15, 0.2) is 6.10 Å². The number of aromatic nitrogens is 1. The Morgan fingerprint density at radius 2 is 1.66 bits per heavy atom. The fourth-order valence-electron chi connectivity index (χ4n) is 4.15. The lowest BCUT2D eigenvalue weighted by Gasteiger charge is -2.28. The maximum absolute atomic E-state index is 13.5. The molecule has 6 nitrogen and oxygen atoms in total. The van der Waals surface area contributed by atoms with E-state index in [0.29, 0.717) is 5.69 Å². The number of hydrogen-bond donors (Lipinski definition) is 0. The number of fused-ring (bicyclic) bond motifs is 1. The highest BCUT2D eigenvalue weighted by Crippen LogP contribution is 2.47. The Morgan fingerprint density at radius 3 is 2.38 bits per heavy atom. The van der Waals surface area contributed by atoms with Crippen molar-refractivity contribution in [1.29, 1.82) is 0 Å². The van der Waals surface area contributed by atoms with Crippen LogP contribution < -0.4 is 9.96 Å². The monoisotopic (exact) mass is 385 g/mol. The lowest BCUT2D eigenvalue weighted by atomic mass is 9.91. The Morgan fingerprint density at radius 1 is 0.897 bits per heavy atom.